The Morgan fingerprint density at radius 2 is 1.74 bits per heavy atom. The molecule has 5 N–H and O–H groups in total. The number of rotatable bonds is 10. The first-order chi connectivity index (χ1) is 18.0. The summed E-state index contributed by atoms with van der Waals surface area (Å²) in [6, 6.07) is 8.39. The number of nitrogens with zero attached hydrogens (tertiary/aromatic N) is 1. The number of hydrogen-bond donors (Lipinski definition) is 5. The Morgan fingerprint density at radius 1 is 1.08 bits per heavy atom. The van der Waals surface area contributed by atoms with Gasteiger partial charge in [0.05, 0.1) is 4.90 Å². The minimum absolute atomic E-state index is 0.0212. The number of amides is 2. The number of aryl methyl sites for hydroxylation is 4. The maximum Gasteiger partial charge on any atom is 0.323 e. The maximum atomic E-state index is 12.9. The molecule has 0 radical (unpaired) electrons. The Morgan fingerprint density at radius 3 is 2.32 bits per heavy atom. The molecule has 0 spiro atoms. The number of hydrogen-bond acceptors (Lipinski definition) is 7. The average Bonchev–Trinajstić information content (AvgIpc) is 2.85. The molecule has 2 aromatic rings. The molecule has 1 aliphatic rings. The average molecular weight is 544 g/mol. The highest BCUT2D eigenvalue weighted by Gasteiger charge is 2.28. The molecule has 0 unspecified atom stereocenters. The summed E-state index contributed by atoms with van der Waals surface area (Å²) in [5.41, 5.74) is 3.01. The molecule has 2 aromatic carbocycles. The third kappa shape index (κ3) is 7.86. The molecular weight excluding hydrogens is 510 g/mol. The molecule has 12 heteroatoms. The van der Waals surface area contributed by atoms with Crippen LogP contribution >= 0.6 is 0 Å². The van der Waals surface area contributed by atoms with Crippen molar-refractivity contribution < 1.29 is 27.9 Å². The molecule has 0 saturated heterocycles. The van der Waals surface area contributed by atoms with E-state index in [0.717, 1.165) is 24.1 Å². The van der Waals surface area contributed by atoms with Crippen LogP contribution in [0.4, 0.5) is 0 Å². The molecule has 0 saturated carbocycles. The van der Waals surface area contributed by atoms with Gasteiger partial charge < -0.3 is 15.7 Å². The highest BCUT2D eigenvalue weighted by Crippen LogP contribution is 2.22. The Bertz CT molecular complexity index is 1320. The fourth-order valence-electron chi connectivity index (χ4n) is 4.20. The van der Waals surface area contributed by atoms with E-state index in [-0.39, 0.29) is 22.8 Å². The molecule has 2 amide bonds. The Labute approximate surface area is 222 Å². The van der Waals surface area contributed by atoms with Gasteiger partial charge >= 0.3 is 5.97 Å². The number of benzene rings is 2. The van der Waals surface area contributed by atoms with Crippen LogP contribution in [0.15, 0.2) is 46.3 Å². The number of carboxylic acids is 1. The molecule has 0 aliphatic carbocycles. The number of aliphatic carboxylic acids is 1. The fourth-order valence-corrected chi connectivity index (χ4v) is 5.85. The zero-order valence-electron chi connectivity index (χ0n) is 21.6. The molecule has 204 valence electrons. The number of carbonyl (C=O) groups excluding carboxylic acids is 2. The van der Waals surface area contributed by atoms with Gasteiger partial charge in [-0.25, -0.2) is 8.42 Å². The minimum atomic E-state index is -4.15. The Hall–Kier alpha value is -3.77. The van der Waals surface area contributed by atoms with Gasteiger partial charge in [-0.15, -0.1) is 0 Å². The molecule has 38 heavy (non-hydrogen) atoms. The molecule has 0 fully saturated rings. The third-order valence-electron chi connectivity index (χ3n) is 5.95. The lowest BCUT2D eigenvalue weighted by Gasteiger charge is -2.18. The van der Waals surface area contributed by atoms with Gasteiger partial charge in [0, 0.05) is 31.6 Å². The summed E-state index contributed by atoms with van der Waals surface area (Å²) in [6.07, 6.45) is 1.63. The van der Waals surface area contributed by atoms with Crippen LogP contribution in [0.25, 0.3) is 0 Å². The van der Waals surface area contributed by atoms with Gasteiger partial charge in [0.25, 0.3) is 5.91 Å². The lowest BCUT2D eigenvalue weighted by atomic mass is 10.1. The van der Waals surface area contributed by atoms with Gasteiger partial charge in [0.15, 0.2) is 5.96 Å². The van der Waals surface area contributed by atoms with Crippen LogP contribution in [0.2, 0.25) is 0 Å². The van der Waals surface area contributed by atoms with Gasteiger partial charge in [-0.3, -0.25) is 24.7 Å². The monoisotopic (exact) mass is 543 g/mol. The number of nitrogens with one attached hydrogen (secondary N) is 4. The van der Waals surface area contributed by atoms with Crippen molar-refractivity contribution in [3.8, 4) is 0 Å². The fraction of sp³-hybridized carbons (Fsp3) is 0.385. The van der Waals surface area contributed by atoms with Crippen LogP contribution in [0.1, 0.15) is 45.5 Å². The summed E-state index contributed by atoms with van der Waals surface area (Å²) in [4.78, 5) is 40.7. The number of sulfonamides is 1. The second-order valence-electron chi connectivity index (χ2n) is 9.21. The second-order valence-corrected chi connectivity index (χ2v) is 10.9. The van der Waals surface area contributed by atoms with E-state index >= 15 is 0 Å². The predicted octanol–water partition coefficient (Wildman–Crippen LogP) is 1.17. The van der Waals surface area contributed by atoms with Crippen LogP contribution in [0.5, 0.6) is 0 Å². The largest absolute Gasteiger partial charge is 0.480 e. The SMILES string of the molecule is Cc1cc(C)c(S(=O)(=O)N[C@@H](CNC(=O)c2ccc(CCC(=O)NC3=NCCCN3)cc2)C(=O)O)c(C)c1. The highest BCUT2D eigenvalue weighted by molar-refractivity contribution is 7.89. The van der Waals surface area contributed by atoms with Crippen LogP contribution in [-0.4, -0.2) is 62.9 Å². The zero-order chi connectivity index (χ0) is 27.9. The summed E-state index contributed by atoms with van der Waals surface area (Å²) >= 11 is 0. The van der Waals surface area contributed by atoms with Gasteiger partial charge in [-0.05, 0) is 62.4 Å². The number of carbonyl (C=O) groups is 3. The summed E-state index contributed by atoms with van der Waals surface area (Å²) in [6.45, 7) is 6.13. The first-order valence-electron chi connectivity index (χ1n) is 12.2. The molecule has 1 atom stereocenters. The van der Waals surface area contributed by atoms with Crippen molar-refractivity contribution in [2.24, 2.45) is 4.99 Å². The lowest BCUT2D eigenvalue weighted by molar-refractivity contribution is -0.138. The van der Waals surface area contributed by atoms with E-state index < -0.39 is 34.5 Å². The Balaban J connectivity index is 1.55. The molecule has 11 nitrogen and oxygen atoms in total. The Kier molecular flexibility index (Phi) is 9.59. The maximum absolute atomic E-state index is 12.9. The summed E-state index contributed by atoms with van der Waals surface area (Å²) in [5.74, 6) is -1.65. The van der Waals surface area contributed by atoms with E-state index in [1.165, 1.54) is 0 Å². The van der Waals surface area contributed by atoms with Gasteiger partial charge in [-0.1, -0.05) is 29.8 Å². The minimum Gasteiger partial charge on any atom is -0.480 e. The molecular formula is C26H33N5O6S. The van der Waals surface area contributed by atoms with Crippen molar-refractivity contribution in [1.82, 2.24) is 20.7 Å². The lowest BCUT2D eigenvalue weighted by Crippen LogP contribution is -2.48. The van der Waals surface area contributed by atoms with Crippen LogP contribution in [0.3, 0.4) is 0 Å². The summed E-state index contributed by atoms with van der Waals surface area (Å²) in [5, 5.41) is 17.8. The van der Waals surface area contributed by atoms with E-state index in [1.54, 1.807) is 50.2 Å². The highest BCUT2D eigenvalue weighted by atomic mass is 32.2. The molecule has 0 aromatic heterocycles. The quantitative estimate of drug-likeness (QED) is 0.300. The van der Waals surface area contributed by atoms with E-state index in [1.807, 2.05) is 6.92 Å². The van der Waals surface area contributed by atoms with Crippen molar-refractivity contribution >= 4 is 33.8 Å². The van der Waals surface area contributed by atoms with Crippen LogP contribution < -0.4 is 20.7 Å². The normalized spacial score (nSPS) is 14.1. The van der Waals surface area contributed by atoms with Crippen LogP contribution in [-0.2, 0) is 26.0 Å². The first-order valence-corrected chi connectivity index (χ1v) is 13.7. The van der Waals surface area contributed by atoms with Gasteiger partial charge in [0.2, 0.25) is 15.9 Å². The van der Waals surface area contributed by atoms with Crippen molar-refractivity contribution in [3.63, 3.8) is 0 Å². The standard InChI is InChI=1S/C26H33N5O6S/c1-16-13-17(2)23(18(3)14-16)38(36,37)31-21(25(34)35)15-29-24(33)20-8-5-19(6-9-20)7-10-22(32)30-26-27-11-4-12-28-26/h5-6,8-9,13-14,21,31H,4,7,10-12,15H2,1-3H3,(H,29,33)(H,34,35)(H2,27,28,30,32)/t21-/m0/s1. The van der Waals surface area contributed by atoms with Crippen molar-refractivity contribution in [2.45, 2.75) is 51.0 Å². The van der Waals surface area contributed by atoms with Gasteiger partial charge in [-0.2, -0.15) is 4.72 Å². The molecule has 1 heterocycles. The van der Waals surface area contributed by atoms with Crippen molar-refractivity contribution in [1.29, 1.82) is 0 Å². The third-order valence-corrected chi connectivity index (χ3v) is 7.72. The van der Waals surface area contributed by atoms with Crippen molar-refractivity contribution in [3.05, 3.63) is 64.2 Å². The molecule has 0 bridgehead atoms. The summed E-state index contributed by atoms with van der Waals surface area (Å²) in [7, 11) is -4.15. The van der Waals surface area contributed by atoms with E-state index in [0.29, 0.717) is 30.1 Å². The molecule has 1 aliphatic heterocycles. The van der Waals surface area contributed by atoms with E-state index in [2.05, 4.69) is 25.7 Å². The van der Waals surface area contributed by atoms with Gasteiger partial charge in [0.1, 0.15) is 6.04 Å². The zero-order valence-corrected chi connectivity index (χ0v) is 22.4. The summed E-state index contributed by atoms with van der Waals surface area (Å²) < 4.78 is 28.1. The van der Waals surface area contributed by atoms with E-state index in [4.69, 9.17) is 0 Å². The topological polar surface area (TPSA) is 166 Å². The first kappa shape index (κ1) is 28.8. The smallest absolute Gasteiger partial charge is 0.323 e. The van der Waals surface area contributed by atoms with E-state index in [9.17, 15) is 27.9 Å². The predicted molar refractivity (Wildman–Crippen MR) is 143 cm³/mol. The van der Waals surface area contributed by atoms with Crippen LogP contribution in [0, 0.1) is 20.8 Å². The number of aliphatic imine (C=N–C) groups is 1. The number of guanidine groups is 1. The second kappa shape index (κ2) is 12.7. The number of carboxylic acid groups (broad SMARTS) is 1. The molecule has 3 rings (SSSR count). The van der Waals surface area contributed by atoms with Crippen molar-refractivity contribution in [2.75, 3.05) is 19.6 Å².